The van der Waals surface area contributed by atoms with Gasteiger partial charge >= 0.3 is 5.97 Å². The number of carboxylic acids is 1. The molecule has 0 radical (unpaired) electrons. The van der Waals surface area contributed by atoms with E-state index < -0.39 is 5.97 Å². The fraction of sp³-hybridized carbons (Fsp3) is 0.0769. The summed E-state index contributed by atoms with van der Waals surface area (Å²) in [6.07, 6.45) is 1.02. The predicted octanol–water partition coefficient (Wildman–Crippen LogP) is 4.99. The number of aliphatic carboxylic acids is 1. The number of hydrogen-bond acceptors (Lipinski definition) is 2. The van der Waals surface area contributed by atoms with E-state index in [0.717, 1.165) is 0 Å². The van der Waals surface area contributed by atoms with Crippen LogP contribution in [0, 0.1) is 0 Å². The van der Waals surface area contributed by atoms with E-state index in [9.17, 15) is 4.79 Å². The molecule has 20 heavy (non-hydrogen) atoms. The minimum atomic E-state index is -1.05. The summed E-state index contributed by atoms with van der Waals surface area (Å²) in [5.74, 6) is -1.05. The number of carboxylic acid groups (broad SMARTS) is 1. The molecule has 0 aliphatic rings. The summed E-state index contributed by atoms with van der Waals surface area (Å²) in [6, 6.07) is 4.98. The molecule has 0 aliphatic heterocycles. The van der Waals surface area contributed by atoms with Gasteiger partial charge in [0.15, 0.2) is 0 Å². The molecule has 1 aromatic carbocycles. The highest BCUT2D eigenvalue weighted by atomic mass is 35.5. The van der Waals surface area contributed by atoms with Crippen molar-refractivity contribution in [3.8, 4) is 11.3 Å². The van der Waals surface area contributed by atoms with Gasteiger partial charge in [0.1, 0.15) is 0 Å². The van der Waals surface area contributed by atoms with Crippen molar-refractivity contribution in [2.75, 3.05) is 0 Å². The van der Waals surface area contributed by atoms with Crippen molar-refractivity contribution >= 4 is 52.4 Å². The Bertz CT molecular complexity index is 668. The lowest BCUT2D eigenvalue weighted by molar-refractivity contribution is -0.136. The van der Waals surface area contributed by atoms with Gasteiger partial charge in [0.05, 0.1) is 32.2 Å². The number of nitrogens with zero attached hydrogens (tertiary/aromatic N) is 1. The standard InChI is InChI=1S/C13H7Cl4NO2/c14-7-2-1-3-8(15)11(7)13-12(17)6(4-10(19)20)9(16)5-18-13/h1-3,5H,4H2,(H,19,20). The van der Waals surface area contributed by atoms with Crippen LogP contribution in [-0.4, -0.2) is 16.1 Å². The summed E-state index contributed by atoms with van der Waals surface area (Å²) in [6.45, 7) is 0. The second kappa shape index (κ2) is 6.19. The van der Waals surface area contributed by atoms with Crippen LogP contribution in [0.2, 0.25) is 20.1 Å². The zero-order valence-corrected chi connectivity index (χ0v) is 12.9. The number of rotatable bonds is 3. The topological polar surface area (TPSA) is 50.2 Å². The van der Waals surface area contributed by atoms with Crippen molar-refractivity contribution < 1.29 is 9.90 Å². The van der Waals surface area contributed by atoms with Crippen molar-refractivity contribution in [2.45, 2.75) is 6.42 Å². The fourth-order valence-corrected chi connectivity index (χ4v) is 2.86. The van der Waals surface area contributed by atoms with Gasteiger partial charge in [0, 0.05) is 17.3 Å². The summed E-state index contributed by atoms with van der Waals surface area (Å²) in [5.41, 5.74) is 1.04. The van der Waals surface area contributed by atoms with Crippen molar-refractivity contribution in [1.29, 1.82) is 0 Å². The Kier molecular flexibility index (Phi) is 4.76. The predicted molar refractivity (Wildman–Crippen MR) is 81.1 cm³/mol. The lowest BCUT2D eigenvalue weighted by atomic mass is 10.1. The van der Waals surface area contributed by atoms with E-state index >= 15 is 0 Å². The SMILES string of the molecule is O=C(O)Cc1c(Cl)cnc(-c2c(Cl)cccc2Cl)c1Cl. The van der Waals surface area contributed by atoms with E-state index in [0.29, 0.717) is 21.3 Å². The Morgan fingerprint density at radius 2 is 1.70 bits per heavy atom. The maximum Gasteiger partial charge on any atom is 0.307 e. The first-order chi connectivity index (χ1) is 9.41. The van der Waals surface area contributed by atoms with E-state index in [2.05, 4.69) is 4.98 Å². The Balaban J connectivity index is 2.67. The van der Waals surface area contributed by atoms with E-state index in [1.165, 1.54) is 6.20 Å². The first-order valence-electron chi connectivity index (χ1n) is 5.41. The number of pyridine rings is 1. The summed E-state index contributed by atoms with van der Waals surface area (Å²) in [5, 5.41) is 9.96. The van der Waals surface area contributed by atoms with Gasteiger partial charge in [-0.3, -0.25) is 9.78 Å². The molecule has 0 saturated carbocycles. The highest BCUT2D eigenvalue weighted by molar-refractivity contribution is 6.42. The molecule has 0 amide bonds. The largest absolute Gasteiger partial charge is 0.481 e. The van der Waals surface area contributed by atoms with Crippen LogP contribution in [0.3, 0.4) is 0 Å². The average molecular weight is 351 g/mol. The molecule has 1 heterocycles. The van der Waals surface area contributed by atoms with Crippen LogP contribution < -0.4 is 0 Å². The number of aromatic nitrogens is 1. The molecule has 1 aromatic heterocycles. The van der Waals surface area contributed by atoms with E-state index in [1.54, 1.807) is 18.2 Å². The molecule has 104 valence electrons. The monoisotopic (exact) mass is 349 g/mol. The molecule has 3 nitrogen and oxygen atoms in total. The molecule has 0 saturated heterocycles. The molecule has 0 unspecified atom stereocenters. The second-order valence-electron chi connectivity index (χ2n) is 3.91. The number of halogens is 4. The number of benzene rings is 1. The molecule has 2 aromatic rings. The first kappa shape index (κ1) is 15.4. The van der Waals surface area contributed by atoms with E-state index in [1.807, 2.05) is 0 Å². The van der Waals surface area contributed by atoms with Gasteiger partial charge in [-0.1, -0.05) is 52.5 Å². The van der Waals surface area contributed by atoms with Gasteiger partial charge in [0.2, 0.25) is 0 Å². The van der Waals surface area contributed by atoms with Crippen molar-refractivity contribution in [1.82, 2.24) is 4.98 Å². The Morgan fingerprint density at radius 1 is 1.10 bits per heavy atom. The van der Waals surface area contributed by atoms with Crippen LogP contribution >= 0.6 is 46.4 Å². The van der Waals surface area contributed by atoms with Gasteiger partial charge in [-0.25, -0.2) is 0 Å². The molecule has 0 fully saturated rings. The van der Waals surface area contributed by atoms with Crippen molar-refractivity contribution in [3.05, 3.63) is 50.0 Å². The number of hydrogen-bond donors (Lipinski definition) is 1. The quantitative estimate of drug-likeness (QED) is 0.848. The smallest absolute Gasteiger partial charge is 0.307 e. The molecule has 0 atom stereocenters. The fourth-order valence-electron chi connectivity index (χ4n) is 1.72. The van der Waals surface area contributed by atoms with Crippen molar-refractivity contribution in [3.63, 3.8) is 0 Å². The van der Waals surface area contributed by atoms with Crippen LogP contribution in [-0.2, 0) is 11.2 Å². The molecule has 0 aliphatic carbocycles. The summed E-state index contributed by atoms with van der Waals surface area (Å²) < 4.78 is 0. The van der Waals surface area contributed by atoms with Crippen LogP contribution in [0.5, 0.6) is 0 Å². The maximum atomic E-state index is 10.9. The first-order valence-corrected chi connectivity index (χ1v) is 6.92. The Morgan fingerprint density at radius 3 is 2.25 bits per heavy atom. The van der Waals surface area contributed by atoms with Gasteiger partial charge in [0.25, 0.3) is 0 Å². The molecule has 1 N–H and O–H groups in total. The van der Waals surface area contributed by atoms with Gasteiger partial charge in [-0.05, 0) is 12.1 Å². The molecule has 0 bridgehead atoms. The van der Waals surface area contributed by atoms with Crippen molar-refractivity contribution in [2.24, 2.45) is 0 Å². The van der Waals surface area contributed by atoms with Gasteiger partial charge in [-0.2, -0.15) is 0 Å². The molecule has 0 spiro atoms. The average Bonchev–Trinajstić information content (AvgIpc) is 2.36. The number of carbonyl (C=O) groups is 1. The summed E-state index contributed by atoms with van der Waals surface area (Å²) in [4.78, 5) is 15.0. The minimum absolute atomic E-state index is 0.134. The van der Waals surface area contributed by atoms with Gasteiger partial charge in [-0.15, -0.1) is 0 Å². The Labute approximate surface area is 135 Å². The van der Waals surface area contributed by atoms with E-state index in [4.69, 9.17) is 51.5 Å². The molecular formula is C13H7Cl4NO2. The summed E-state index contributed by atoms with van der Waals surface area (Å²) >= 11 is 24.3. The second-order valence-corrected chi connectivity index (χ2v) is 5.51. The lowest BCUT2D eigenvalue weighted by Crippen LogP contribution is -2.03. The minimum Gasteiger partial charge on any atom is -0.481 e. The maximum absolute atomic E-state index is 10.9. The molecule has 7 heteroatoms. The zero-order chi connectivity index (χ0) is 14.9. The highest BCUT2D eigenvalue weighted by Gasteiger charge is 2.19. The summed E-state index contributed by atoms with van der Waals surface area (Å²) in [7, 11) is 0. The highest BCUT2D eigenvalue weighted by Crippen LogP contribution is 2.39. The lowest BCUT2D eigenvalue weighted by Gasteiger charge is -2.12. The van der Waals surface area contributed by atoms with Gasteiger partial charge < -0.3 is 5.11 Å². The van der Waals surface area contributed by atoms with Crippen LogP contribution in [0.1, 0.15) is 5.56 Å². The molecular weight excluding hydrogens is 344 g/mol. The third-order valence-electron chi connectivity index (χ3n) is 2.60. The van der Waals surface area contributed by atoms with Crippen LogP contribution in [0.15, 0.2) is 24.4 Å². The third-order valence-corrected chi connectivity index (χ3v) is 3.96. The molecule has 2 rings (SSSR count). The van der Waals surface area contributed by atoms with Crippen LogP contribution in [0.4, 0.5) is 0 Å². The zero-order valence-electron chi connectivity index (χ0n) is 9.83. The van der Waals surface area contributed by atoms with E-state index in [-0.39, 0.29) is 22.0 Å². The van der Waals surface area contributed by atoms with Crippen LogP contribution in [0.25, 0.3) is 11.3 Å². The third kappa shape index (κ3) is 3.01. The Hall–Kier alpha value is -1.000. The normalized spacial score (nSPS) is 10.6.